The van der Waals surface area contributed by atoms with Gasteiger partial charge in [0.25, 0.3) is 0 Å². The lowest BCUT2D eigenvalue weighted by atomic mass is 10.0. The van der Waals surface area contributed by atoms with Crippen LogP contribution in [0.3, 0.4) is 0 Å². The minimum atomic E-state index is -0.219. The van der Waals surface area contributed by atoms with E-state index in [1.54, 1.807) is 11.0 Å². The SMILES string of the molecule is O=C(Cc1ccc(N2CCCC2=O)cc1)NC1CCSc2c(F)cccc21. The number of carbonyl (C=O) groups is 2. The number of halogens is 1. The molecule has 0 saturated carbocycles. The topological polar surface area (TPSA) is 49.4 Å². The maximum atomic E-state index is 14.0. The number of carbonyl (C=O) groups excluding carboxylic acids is 2. The monoisotopic (exact) mass is 384 g/mol. The van der Waals surface area contributed by atoms with Gasteiger partial charge >= 0.3 is 0 Å². The Balaban J connectivity index is 1.40. The highest BCUT2D eigenvalue weighted by atomic mass is 32.2. The molecule has 4 nitrogen and oxygen atoms in total. The standard InChI is InChI=1S/C21H21FN2O2S/c22-17-4-1-3-16-18(10-12-27-21(16)17)23-19(25)13-14-6-8-15(9-7-14)24-11-2-5-20(24)26/h1,3-4,6-9,18H,2,5,10-13H2,(H,23,25). The van der Waals surface area contributed by atoms with E-state index in [0.717, 1.165) is 42.0 Å². The molecule has 1 unspecified atom stereocenters. The normalized spacial score (nSPS) is 19.1. The molecule has 140 valence electrons. The average molecular weight is 384 g/mol. The third-order valence-corrected chi connectivity index (χ3v) is 6.21. The second-order valence-electron chi connectivity index (χ2n) is 6.91. The van der Waals surface area contributed by atoms with E-state index in [9.17, 15) is 14.0 Å². The highest BCUT2D eigenvalue weighted by Crippen LogP contribution is 2.37. The quantitative estimate of drug-likeness (QED) is 0.871. The molecule has 2 aliphatic rings. The summed E-state index contributed by atoms with van der Waals surface area (Å²) in [5.41, 5.74) is 2.64. The summed E-state index contributed by atoms with van der Waals surface area (Å²) in [6.07, 6.45) is 2.56. The smallest absolute Gasteiger partial charge is 0.227 e. The first kappa shape index (κ1) is 18.0. The van der Waals surface area contributed by atoms with Gasteiger partial charge in [-0.2, -0.15) is 0 Å². The lowest BCUT2D eigenvalue weighted by Crippen LogP contribution is -2.32. The van der Waals surface area contributed by atoms with E-state index in [-0.39, 0.29) is 30.1 Å². The van der Waals surface area contributed by atoms with Crippen molar-refractivity contribution in [1.29, 1.82) is 0 Å². The van der Waals surface area contributed by atoms with Crippen LogP contribution in [0.25, 0.3) is 0 Å². The molecule has 1 atom stereocenters. The van der Waals surface area contributed by atoms with Gasteiger partial charge in [-0.05, 0) is 42.2 Å². The number of nitrogens with zero attached hydrogens (tertiary/aromatic N) is 1. The number of rotatable bonds is 4. The number of amides is 2. The van der Waals surface area contributed by atoms with Gasteiger partial charge in [-0.1, -0.05) is 24.3 Å². The first-order valence-electron chi connectivity index (χ1n) is 9.22. The van der Waals surface area contributed by atoms with Crippen molar-refractivity contribution in [3.05, 3.63) is 59.4 Å². The van der Waals surface area contributed by atoms with Crippen LogP contribution in [-0.4, -0.2) is 24.1 Å². The van der Waals surface area contributed by atoms with Gasteiger partial charge in [-0.3, -0.25) is 9.59 Å². The molecular formula is C21H21FN2O2S. The zero-order valence-corrected chi connectivity index (χ0v) is 15.7. The molecule has 1 saturated heterocycles. The predicted molar refractivity (Wildman–Crippen MR) is 104 cm³/mol. The molecule has 6 heteroatoms. The summed E-state index contributed by atoms with van der Waals surface area (Å²) in [6, 6.07) is 12.5. The molecule has 0 aliphatic carbocycles. The lowest BCUT2D eigenvalue weighted by Gasteiger charge is -2.26. The molecule has 2 heterocycles. The number of hydrogen-bond donors (Lipinski definition) is 1. The second kappa shape index (κ2) is 7.72. The molecule has 27 heavy (non-hydrogen) atoms. The van der Waals surface area contributed by atoms with Crippen LogP contribution in [0.15, 0.2) is 47.4 Å². The molecule has 2 aromatic rings. The number of nitrogens with one attached hydrogen (secondary N) is 1. The summed E-state index contributed by atoms with van der Waals surface area (Å²) in [4.78, 5) is 26.7. The fourth-order valence-corrected chi connectivity index (χ4v) is 4.82. The summed E-state index contributed by atoms with van der Waals surface area (Å²) >= 11 is 1.51. The number of thioether (sulfide) groups is 1. The van der Waals surface area contributed by atoms with Crippen molar-refractivity contribution in [3.63, 3.8) is 0 Å². The third kappa shape index (κ3) is 3.86. The Hall–Kier alpha value is -2.34. The van der Waals surface area contributed by atoms with Gasteiger partial charge in [0.05, 0.1) is 12.5 Å². The lowest BCUT2D eigenvalue weighted by molar-refractivity contribution is -0.121. The first-order valence-corrected chi connectivity index (χ1v) is 10.2. The Bertz CT molecular complexity index is 869. The van der Waals surface area contributed by atoms with E-state index in [0.29, 0.717) is 11.3 Å². The van der Waals surface area contributed by atoms with Gasteiger partial charge in [-0.15, -0.1) is 11.8 Å². The van der Waals surface area contributed by atoms with Crippen LogP contribution in [0.1, 0.15) is 36.4 Å². The highest BCUT2D eigenvalue weighted by molar-refractivity contribution is 7.99. The van der Waals surface area contributed by atoms with E-state index in [1.807, 2.05) is 30.3 Å². The Morgan fingerprint density at radius 3 is 2.78 bits per heavy atom. The van der Waals surface area contributed by atoms with Gasteiger partial charge in [0, 0.05) is 29.3 Å². The molecule has 1 fully saturated rings. The Morgan fingerprint density at radius 1 is 1.22 bits per heavy atom. The molecule has 1 N–H and O–H groups in total. The summed E-state index contributed by atoms with van der Waals surface area (Å²) in [5, 5.41) is 3.04. The summed E-state index contributed by atoms with van der Waals surface area (Å²) < 4.78 is 14.0. The highest BCUT2D eigenvalue weighted by Gasteiger charge is 2.25. The molecule has 0 aromatic heterocycles. The van der Waals surface area contributed by atoms with Crippen LogP contribution < -0.4 is 10.2 Å². The number of benzene rings is 2. The predicted octanol–water partition coefficient (Wildman–Crippen LogP) is 3.85. The zero-order chi connectivity index (χ0) is 18.8. The van der Waals surface area contributed by atoms with Crippen LogP contribution in [0.2, 0.25) is 0 Å². The van der Waals surface area contributed by atoms with E-state index < -0.39 is 0 Å². The van der Waals surface area contributed by atoms with Gasteiger partial charge in [0.2, 0.25) is 11.8 Å². The minimum absolute atomic E-state index is 0.0767. The average Bonchev–Trinajstić information content (AvgIpc) is 3.09. The molecule has 0 radical (unpaired) electrons. The van der Waals surface area contributed by atoms with Crippen molar-refractivity contribution >= 4 is 29.3 Å². The van der Waals surface area contributed by atoms with Crippen LogP contribution in [0.4, 0.5) is 10.1 Å². The fraction of sp³-hybridized carbons (Fsp3) is 0.333. The van der Waals surface area contributed by atoms with Gasteiger partial charge in [-0.25, -0.2) is 4.39 Å². The minimum Gasteiger partial charge on any atom is -0.349 e. The third-order valence-electron chi connectivity index (χ3n) is 5.05. The van der Waals surface area contributed by atoms with Crippen LogP contribution in [0.5, 0.6) is 0 Å². The molecule has 2 aromatic carbocycles. The van der Waals surface area contributed by atoms with E-state index in [1.165, 1.54) is 17.8 Å². The maximum Gasteiger partial charge on any atom is 0.227 e. The summed E-state index contributed by atoms with van der Waals surface area (Å²) in [6.45, 7) is 0.758. The number of hydrogen-bond acceptors (Lipinski definition) is 3. The number of anilines is 1. The first-order chi connectivity index (χ1) is 13.1. The van der Waals surface area contributed by atoms with Crippen LogP contribution in [0, 0.1) is 5.82 Å². The molecule has 0 bridgehead atoms. The Kier molecular flexibility index (Phi) is 5.16. The summed E-state index contributed by atoms with van der Waals surface area (Å²) in [7, 11) is 0. The molecule has 4 rings (SSSR count). The largest absolute Gasteiger partial charge is 0.349 e. The van der Waals surface area contributed by atoms with Gasteiger partial charge in [0.15, 0.2) is 0 Å². The van der Waals surface area contributed by atoms with Crippen LogP contribution in [-0.2, 0) is 16.0 Å². The maximum absolute atomic E-state index is 14.0. The van der Waals surface area contributed by atoms with Crippen molar-refractivity contribution in [2.75, 3.05) is 17.2 Å². The van der Waals surface area contributed by atoms with E-state index in [4.69, 9.17) is 0 Å². The molecular weight excluding hydrogens is 363 g/mol. The molecule has 0 spiro atoms. The van der Waals surface area contributed by atoms with Crippen molar-refractivity contribution in [3.8, 4) is 0 Å². The molecule has 2 amide bonds. The Morgan fingerprint density at radius 2 is 2.04 bits per heavy atom. The second-order valence-corrected chi connectivity index (χ2v) is 8.01. The van der Waals surface area contributed by atoms with Gasteiger partial charge in [0.1, 0.15) is 5.82 Å². The van der Waals surface area contributed by atoms with Crippen molar-refractivity contribution < 1.29 is 14.0 Å². The van der Waals surface area contributed by atoms with Crippen LogP contribution >= 0.6 is 11.8 Å². The van der Waals surface area contributed by atoms with Crippen molar-refractivity contribution in [1.82, 2.24) is 5.32 Å². The Labute approximate surface area is 162 Å². The van der Waals surface area contributed by atoms with E-state index in [2.05, 4.69) is 5.32 Å². The number of fused-ring (bicyclic) bond motifs is 1. The summed E-state index contributed by atoms with van der Waals surface area (Å²) in [5.74, 6) is 0.648. The van der Waals surface area contributed by atoms with Gasteiger partial charge < -0.3 is 10.2 Å². The zero-order valence-electron chi connectivity index (χ0n) is 14.9. The van der Waals surface area contributed by atoms with Crippen molar-refractivity contribution in [2.24, 2.45) is 0 Å². The van der Waals surface area contributed by atoms with Crippen molar-refractivity contribution in [2.45, 2.75) is 36.6 Å². The van der Waals surface area contributed by atoms with E-state index >= 15 is 0 Å². The molecule has 2 aliphatic heterocycles. The fourth-order valence-electron chi connectivity index (χ4n) is 3.68.